The molecule has 2 aromatic rings. The van der Waals surface area contributed by atoms with Crippen molar-refractivity contribution in [3.8, 4) is 11.5 Å². The lowest BCUT2D eigenvalue weighted by Gasteiger charge is -2.14. The summed E-state index contributed by atoms with van der Waals surface area (Å²) in [5.41, 5.74) is 3.57. The van der Waals surface area contributed by atoms with Gasteiger partial charge >= 0.3 is 0 Å². The minimum absolute atomic E-state index is 0. The largest absolute Gasteiger partial charge is 0.493 e. The molecule has 2 rings (SSSR count). The van der Waals surface area contributed by atoms with Crippen molar-refractivity contribution in [2.75, 3.05) is 20.8 Å². The van der Waals surface area contributed by atoms with Crippen LogP contribution in [0.3, 0.4) is 0 Å². The number of methoxy groups -OCH3 is 1. The third kappa shape index (κ3) is 6.74. The summed E-state index contributed by atoms with van der Waals surface area (Å²) in [6.45, 7) is 6.04. The molecule has 0 amide bonds. The van der Waals surface area contributed by atoms with Gasteiger partial charge in [-0.25, -0.2) is 0 Å². The first-order valence-corrected chi connectivity index (χ1v) is 8.46. The zero-order valence-electron chi connectivity index (χ0n) is 15.8. The predicted molar refractivity (Wildman–Crippen MR) is 118 cm³/mol. The average molecular weight is 469 g/mol. The highest BCUT2D eigenvalue weighted by atomic mass is 127. The maximum absolute atomic E-state index is 5.54. The van der Waals surface area contributed by atoms with E-state index in [2.05, 4.69) is 46.8 Å². The lowest BCUT2D eigenvalue weighted by molar-refractivity contribution is 0.310. The molecule has 6 heteroatoms. The van der Waals surface area contributed by atoms with Gasteiger partial charge in [-0.05, 0) is 37.1 Å². The number of hydrogen-bond donors (Lipinski definition) is 2. The Labute approximate surface area is 173 Å². The Bertz CT molecular complexity index is 703. The van der Waals surface area contributed by atoms with Gasteiger partial charge in [-0.3, -0.25) is 4.99 Å². The van der Waals surface area contributed by atoms with Crippen LogP contribution in [0.4, 0.5) is 0 Å². The number of nitrogens with one attached hydrogen (secondary N) is 2. The van der Waals surface area contributed by atoms with E-state index in [0.717, 1.165) is 29.6 Å². The number of hydrogen-bond acceptors (Lipinski definition) is 3. The van der Waals surface area contributed by atoms with E-state index in [1.165, 1.54) is 11.1 Å². The van der Waals surface area contributed by atoms with Crippen LogP contribution >= 0.6 is 24.0 Å². The Hall–Kier alpha value is -1.96. The van der Waals surface area contributed by atoms with Crippen molar-refractivity contribution >= 4 is 29.9 Å². The van der Waals surface area contributed by atoms with E-state index in [1.807, 2.05) is 25.1 Å². The van der Waals surface area contributed by atoms with Crippen molar-refractivity contribution in [3.63, 3.8) is 0 Å². The predicted octanol–water partition coefficient (Wildman–Crippen LogP) is 3.89. The van der Waals surface area contributed by atoms with Crippen molar-refractivity contribution in [2.24, 2.45) is 4.99 Å². The van der Waals surface area contributed by atoms with Crippen LogP contribution in [-0.2, 0) is 13.1 Å². The number of rotatable bonds is 7. The van der Waals surface area contributed by atoms with E-state index < -0.39 is 0 Å². The Morgan fingerprint density at radius 3 is 2.15 bits per heavy atom. The van der Waals surface area contributed by atoms with E-state index in [-0.39, 0.29) is 24.0 Å². The summed E-state index contributed by atoms with van der Waals surface area (Å²) in [6.07, 6.45) is 0. The first kappa shape index (κ1) is 22.1. The quantitative estimate of drug-likeness (QED) is 0.367. The fourth-order valence-corrected chi connectivity index (χ4v) is 2.39. The normalized spacial score (nSPS) is 10.7. The Kier molecular flexibility index (Phi) is 9.87. The van der Waals surface area contributed by atoms with Crippen LogP contribution in [0.25, 0.3) is 0 Å². The highest BCUT2D eigenvalue weighted by Crippen LogP contribution is 2.27. The molecule has 26 heavy (non-hydrogen) atoms. The molecular weight excluding hydrogens is 441 g/mol. The van der Waals surface area contributed by atoms with E-state index >= 15 is 0 Å². The number of halogens is 1. The van der Waals surface area contributed by atoms with Crippen molar-refractivity contribution in [1.29, 1.82) is 0 Å². The number of benzene rings is 2. The van der Waals surface area contributed by atoms with E-state index in [0.29, 0.717) is 13.2 Å². The van der Waals surface area contributed by atoms with Crippen molar-refractivity contribution in [2.45, 2.75) is 26.9 Å². The summed E-state index contributed by atoms with van der Waals surface area (Å²) < 4.78 is 10.9. The first-order chi connectivity index (χ1) is 12.2. The molecule has 2 N–H and O–H groups in total. The topological polar surface area (TPSA) is 54.9 Å². The standard InChI is InChI=1S/C20H27N3O2.HI/c1-5-25-18-11-10-17(12-19(18)24-4)14-23-20(21-3)22-13-16-8-6-15(2)7-9-16;/h6-12H,5,13-14H2,1-4H3,(H2,21,22,23);1H. The maximum Gasteiger partial charge on any atom is 0.191 e. The molecule has 2 aromatic carbocycles. The zero-order chi connectivity index (χ0) is 18.1. The summed E-state index contributed by atoms with van der Waals surface area (Å²) in [5, 5.41) is 6.63. The molecule has 0 bridgehead atoms. The van der Waals surface area contributed by atoms with Gasteiger partial charge in [0.25, 0.3) is 0 Å². The van der Waals surface area contributed by atoms with E-state index in [9.17, 15) is 0 Å². The van der Waals surface area contributed by atoms with E-state index in [4.69, 9.17) is 9.47 Å². The van der Waals surface area contributed by atoms with Gasteiger partial charge < -0.3 is 20.1 Å². The average Bonchev–Trinajstić information content (AvgIpc) is 2.64. The second-order valence-electron chi connectivity index (χ2n) is 5.68. The van der Waals surface area contributed by atoms with Gasteiger partial charge in [-0.2, -0.15) is 0 Å². The minimum Gasteiger partial charge on any atom is -0.493 e. The van der Waals surface area contributed by atoms with Crippen LogP contribution in [0.15, 0.2) is 47.5 Å². The van der Waals surface area contributed by atoms with E-state index in [1.54, 1.807) is 14.2 Å². The SMILES string of the molecule is CCOc1ccc(CNC(=NC)NCc2ccc(C)cc2)cc1OC.I. The molecule has 0 heterocycles. The lowest BCUT2D eigenvalue weighted by Crippen LogP contribution is -2.36. The van der Waals surface area contributed by atoms with Crippen LogP contribution < -0.4 is 20.1 Å². The maximum atomic E-state index is 5.54. The minimum atomic E-state index is 0. The molecule has 0 saturated carbocycles. The van der Waals surface area contributed by atoms with Crippen LogP contribution in [-0.4, -0.2) is 26.7 Å². The van der Waals surface area contributed by atoms with Crippen molar-refractivity contribution in [3.05, 3.63) is 59.2 Å². The monoisotopic (exact) mass is 469 g/mol. The smallest absolute Gasteiger partial charge is 0.191 e. The second kappa shape index (κ2) is 11.6. The fraction of sp³-hybridized carbons (Fsp3) is 0.350. The molecule has 5 nitrogen and oxygen atoms in total. The highest BCUT2D eigenvalue weighted by molar-refractivity contribution is 14.0. The third-order valence-corrected chi connectivity index (χ3v) is 3.79. The van der Waals surface area contributed by atoms with Crippen LogP contribution in [0.1, 0.15) is 23.6 Å². The molecule has 0 saturated heterocycles. The highest BCUT2D eigenvalue weighted by Gasteiger charge is 2.06. The third-order valence-electron chi connectivity index (χ3n) is 3.79. The number of nitrogens with zero attached hydrogens (tertiary/aromatic N) is 1. The van der Waals surface area contributed by atoms with Crippen LogP contribution in [0, 0.1) is 6.92 Å². The molecule has 0 atom stereocenters. The molecule has 0 radical (unpaired) electrons. The molecule has 142 valence electrons. The summed E-state index contributed by atoms with van der Waals surface area (Å²) in [4.78, 5) is 4.26. The lowest BCUT2D eigenvalue weighted by atomic mass is 10.1. The Morgan fingerprint density at radius 2 is 1.58 bits per heavy atom. The van der Waals surface area contributed by atoms with Gasteiger partial charge in [0.1, 0.15) is 0 Å². The molecule has 0 spiro atoms. The van der Waals surface area contributed by atoms with Crippen LogP contribution in [0.2, 0.25) is 0 Å². The fourth-order valence-electron chi connectivity index (χ4n) is 2.39. The summed E-state index contributed by atoms with van der Waals surface area (Å²) in [5.74, 6) is 2.26. The summed E-state index contributed by atoms with van der Waals surface area (Å²) in [6, 6.07) is 14.4. The van der Waals surface area contributed by atoms with Gasteiger partial charge in [0, 0.05) is 20.1 Å². The number of guanidine groups is 1. The summed E-state index contributed by atoms with van der Waals surface area (Å²) in [7, 11) is 3.42. The van der Waals surface area contributed by atoms with Gasteiger partial charge in [0.2, 0.25) is 0 Å². The van der Waals surface area contributed by atoms with Crippen molar-refractivity contribution < 1.29 is 9.47 Å². The van der Waals surface area contributed by atoms with Crippen molar-refractivity contribution in [1.82, 2.24) is 10.6 Å². The Morgan fingerprint density at radius 1 is 0.962 bits per heavy atom. The van der Waals surface area contributed by atoms with Gasteiger partial charge in [0.15, 0.2) is 17.5 Å². The van der Waals surface area contributed by atoms with Crippen LogP contribution in [0.5, 0.6) is 11.5 Å². The molecule has 0 fully saturated rings. The summed E-state index contributed by atoms with van der Waals surface area (Å²) >= 11 is 0. The zero-order valence-corrected chi connectivity index (χ0v) is 18.2. The van der Waals surface area contributed by atoms with Gasteiger partial charge in [-0.15, -0.1) is 24.0 Å². The van der Waals surface area contributed by atoms with Gasteiger partial charge in [0.05, 0.1) is 13.7 Å². The molecule has 0 unspecified atom stereocenters. The number of aliphatic imine (C=N–C) groups is 1. The second-order valence-corrected chi connectivity index (χ2v) is 5.68. The number of aryl methyl sites for hydroxylation is 1. The Balaban J connectivity index is 0.00000338. The number of ether oxygens (including phenoxy) is 2. The molecular formula is C20H28IN3O2. The molecule has 0 aliphatic rings. The molecule has 0 aromatic heterocycles. The molecule has 0 aliphatic heterocycles. The van der Waals surface area contributed by atoms with Gasteiger partial charge in [-0.1, -0.05) is 35.9 Å². The molecule has 0 aliphatic carbocycles. The first-order valence-electron chi connectivity index (χ1n) is 8.46.